The number of amides is 2. The van der Waals surface area contributed by atoms with Gasteiger partial charge in [0.1, 0.15) is 11.3 Å². The van der Waals surface area contributed by atoms with E-state index in [1.54, 1.807) is 4.90 Å². The summed E-state index contributed by atoms with van der Waals surface area (Å²) in [5.41, 5.74) is -4.37. The van der Waals surface area contributed by atoms with Crippen LogP contribution >= 0.6 is 11.6 Å². The fourth-order valence-corrected chi connectivity index (χ4v) is 3.22. The predicted octanol–water partition coefficient (Wildman–Crippen LogP) is 4.43. The molecule has 2 heterocycles. The van der Waals surface area contributed by atoms with Crippen molar-refractivity contribution in [2.45, 2.75) is 17.9 Å². The van der Waals surface area contributed by atoms with Crippen LogP contribution in [-0.4, -0.2) is 46.0 Å². The first-order chi connectivity index (χ1) is 13.9. The van der Waals surface area contributed by atoms with Gasteiger partial charge in [-0.2, -0.15) is 26.3 Å². The third kappa shape index (κ3) is 5.04. The van der Waals surface area contributed by atoms with Crippen LogP contribution in [-0.2, 0) is 12.4 Å². The number of carbonyl (C=O) groups is 1. The molecule has 1 aliphatic rings. The van der Waals surface area contributed by atoms with Gasteiger partial charge in [0.05, 0.1) is 23.9 Å². The Labute approximate surface area is 171 Å². The first-order valence-corrected chi connectivity index (χ1v) is 8.91. The summed E-state index contributed by atoms with van der Waals surface area (Å²) in [4.78, 5) is 23.3. The van der Waals surface area contributed by atoms with Gasteiger partial charge in [0.25, 0.3) is 0 Å². The Morgan fingerprint density at radius 2 is 1.67 bits per heavy atom. The molecule has 1 aliphatic heterocycles. The number of anilines is 2. The van der Waals surface area contributed by atoms with Crippen molar-refractivity contribution >= 4 is 29.1 Å². The Hall–Kier alpha value is -2.76. The smallest absolute Gasteiger partial charge is 0.335 e. The van der Waals surface area contributed by atoms with Gasteiger partial charge in [0.2, 0.25) is 0 Å². The van der Waals surface area contributed by atoms with Crippen LogP contribution in [0.2, 0.25) is 0 Å². The number of urea groups is 1. The maximum atomic E-state index is 13.0. The predicted molar refractivity (Wildman–Crippen MR) is 96.1 cm³/mol. The lowest BCUT2D eigenvalue weighted by atomic mass is 10.1. The molecule has 0 saturated carbocycles. The number of rotatable bonds is 2. The second kappa shape index (κ2) is 8.17. The number of nitrogens with zero attached hydrogens (tertiary/aromatic N) is 4. The second-order valence-corrected chi connectivity index (χ2v) is 6.87. The topological polar surface area (TPSA) is 61.4 Å². The highest BCUT2D eigenvalue weighted by Gasteiger charge is 2.37. The number of piperazine rings is 1. The van der Waals surface area contributed by atoms with Crippen LogP contribution in [0.25, 0.3) is 0 Å². The van der Waals surface area contributed by atoms with Crippen molar-refractivity contribution in [3.05, 3.63) is 47.9 Å². The molecular formula is C17H14ClF6N5O. The van der Waals surface area contributed by atoms with E-state index in [4.69, 9.17) is 11.6 Å². The van der Waals surface area contributed by atoms with E-state index in [1.165, 1.54) is 23.5 Å². The lowest BCUT2D eigenvalue weighted by Gasteiger charge is -2.38. The molecule has 1 fully saturated rings. The molecule has 13 heteroatoms. The van der Waals surface area contributed by atoms with Crippen LogP contribution in [0.5, 0.6) is 0 Å². The molecular weight excluding hydrogens is 440 g/mol. The van der Waals surface area contributed by atoms with Crippen LogP contribution in [0.3, 0.4) is 0 Å². The average molecular weight is 454 g/mol. The van der Waals surface area contributed by atoms with E-state index in [0.717, 1.165) is 0 Å². The molecule has 1 saturated heterocycles. The number of halogens is 7. The fraction of sp³-hybridized carbons (Fsp3) is 0.353. The SMILES string of the molecule is O=C(Nc1cc(C(F)(F)F)cc(C(F)(F)F)c1)N1CCN(c2cnccn2)C(Cl)C1. The zero-order chi connectivity index (χ0) is 22.1. The highest BCUT2D eigenvalue weighted by Crippen LogP contribution is 2.37. The monoisotopic (exact) mass is 453 g/mol. The Balaban J connectivity index is 1.75. The average Bonchev–Trinajstić information content (AvgIpc) is 2.67. The maximum Gasteiger partial charge on any atom is 0.416 e. The quantitative estimate of drug-likeness (QED) is 0.415. The number of carbonyl (C=O) groups excluding carboxylic acids is 1. The lowest BCUT2D eigenvalue weighted by molar-refractivity contribution is -0.143. The zero-order valence-corrected chi connectivity index (χ0v) is 15.8. The van der Waals surface area contributed by atoms with Crippen molar-refractivity contribution in [2.24, 2.45) is 0 Å². The van der Waals surface area contributed by atoms with E-state index in [9.17, 15) is 31.1 Å². The molecule has 2 amide bonds. The van der Waals surface area contributed by atoms with E-state index in [2.05, 4.69) is 15.3 Å². The normalized spacial score (nSPS) is 17.8. The van der Waals surface area contributed by atoms with Gasteiger partial charge < -0.3 is 15.1 Å². The summed E-state index contributed by atoms with van der Waals surface area (Å²) in [7, 11) is 0. The highest BCUT2D eigenvalue weighted by molar-refractivity contribution is 6.22. The van der Waals surface area contributed by atoms with Crippen molar-refractivity contribution < 1.29 is 31.1 Å². The van der Waals surface area contributed by atoms with Crippen LogP contribution < -0.4 is 10.2 Å². The molecule has 0 radical (unpaired) electrons. The maximum absolute atomic E-state index is 13.0. The van der Waals surface area contributed by atoms with E-state index >= 15 is 0 Å². The summed E-state index contributed by atoms with van der Waals surface area (Å²) >= 11 is 6.27. The molecule has 2 aromatic rings. The molecule has 1 unspecified atom stereocenters. The molecule has 1 aromatic heterocycles. The summed E-state index contributed by atoms with van der Waals surface area (Å²) in [6.45, 7) is 0.336. The van der Waals surface area contributed by atoms with Crippen molar-refractivity contribution in [1.29, 1.82) is 0 Å². The van der Waals surface area contributed by atoms with E-state index in [1.807, 2.05) is 0 Å². The minimum absolute atomic E-state index is 0.00980. The Kier molecular flexibility index (Phi) is 5.97. The number of alkyl halides is 7. The number of aromatic nitrogens is 2. The first kappa shape index (κ1) is 21.9. The molecule has 162 valence electrons. The number of hydrogen-bond donors (Lipinski definition) is 1. The van der Waals surface area contributed by atoms with E-state index < -0.39 is 40.7 Å². The van der Waals surface area contributed by atoms with Crippen molar-refractivity contribution in [3.63, 3.8) is 0 Å². The largest absolute Gasteiger partial charge is 0.416 e. The zero-order valence-electron chi connectivity index (χ0n) is 15.0. The first-order valence-electron chi connectivity index (χ1n) is 8.47. The third-order valence-electron chi connectivity index (χ3n) is 4.29. The molecule has 0 bridgehead atoms. The van der Waals surface area contributed by atoms with Crippen molar-refractivity contribution in [1.82, 2.24) is 14.9 Å². The van der Waals surface area contributed by atoms with Gasteiger partial charge in [-0.25, -0.2) is 9.78 Å². The Morgan fingerprint density at radius 1 is 1.03 bits per heavy atom. The lowest BCUT2D eigenvalue weighted by Crippen LogP contribution is -2.54. The number of benzene rings is 1. The molecule has 1 atom stereocenters. The molecule has 0 aliphatic carbocycles. The second-order valence-electron chi connectivity index (χ2n) is 6.36. The number of hydrogen-bond acceptors (Lipinski definition) is 4. The van der Waals surface area contributed by atoms with Gasteiger partial charge in [-0.05, 0) is 18.2 Å². The molecule has 6 nitrogen and oxygen atoms in total. The summed E-state index contributed by atoms with van der Waals surface area (Å²) in [5.74, 6) is 0.477. The minimum Gasteiger partial charge on any atom is -0.335 e. The molecule has 1 aromatic carbocycles. The summed E-state index contributed by atoms with van der Waals surface area (Å²) in [5, 5.41) is 2.09. The van der Waals surface area contributed by atoms with Gasteiger partial charge >= 0.3 is 18.4 Å². The van der Waals surface area contributed by atoms with E-state index in [-0.39, 0.29) is 25.7 Å². The van der Waals surface area contributed by atoms with E-state index in [0.29, 0.717) is 18.0 Å². The fourth-order valence-electron chi connectivity index (χ4n) is 2.85. The van der Waals surface area contributed by atoms with Crippen LogP contribution in [0, 0.1) is 0 Å². The minimum atomic E-state index is -5.01. The standard InChI is InChI=1S/C17H14ClF6N5O/c18-13-9-28(3-4-29(13)14-8-25-1-2-26-14)15(30)27-12-6-10(16(19,20)21)5-11(7-12)17(22,23)24/h1-2,5-8,13H,3-4,9H2,(H,27,30). The third-order valence-corrected chi connectivity index (χ3v) is 4.66. The van der Waals surface area contributed by atoms with Crippen LogP contribution in [0.4, 0.5) is 42.6 Å². The Morgan fingerprint density at radius 3 is 2.17 bits per heavy atom. The molecule has 3 rings (SSSR count). The number of nitrogens with one attached hydrogen (secondary N) is 1. The van der Waals surface area contributed by atoms with Crippen LogP contribution in [0.1, 0.15) is 11.1 Å². The van der Waals surface area contributed by atoms with Gasteiger partial charge in [-0.1, -0.05) is 11.6 Å². The summed E-state index contributed by atoms with van der Waals surface area (Å²) in [6, 6.07) is 0.0127. The highest BCUT2D eigenvalue weighted by atomic mass is 35.5. The van der Waals surface area contributed by atoms with Gasteiger partial charge in [-0.15, -0.1) is 0 Å². The van der Waals surface area contributed by atoms with Gasteiger partial charge in [0, 0.05) is 31.2 Å². The van der Waals surface area contributed by atoms with Crippen molar-refractivity contribution in [3.8, 4) is 0 Å². The van der Waals surface area contributed by atoms with Gasteiger partial charge in [0.15, 0.2) is 0 Å². The molecule has 1 N–H and O–H groups in total. The molecule has 30 heavy (non-hydrogen) atoms. The summed E-state index contributed by atoms with van der Waals surface area (Å²) < 4.78 is 77.8. The van der Waals surface area contributed by atoms with Crippen LogP contribution in [0.15, 0.2) is 36.8 Å². The summed E-state index contributed by atoms with van der Waals surface area (Å²) in [6.07, 6.45) is -5.61. The van der Waals surface area contributed by atoms with Gasteiger partial charge in [-0.3, -0.25) is 4.98 Å². The Bertz CT molecular complexity index is 875. The van der Waals surface area contributed by atoms with Crippen molar-refractivity contribution in [2.75, 3.05) is 29.9 Å². The molecule has 0 spiro atoms.